The molecule has 4 nitrogen and oxygen atoms in total. The van der Waals surface area contributed by atoms with Crippen LogP contribution in [-0.4, -0.2) is 28.8 Å². The van der Waals surface area contributed by atoms with Crippen molar-refractivity contribution in [3.63, 3.8) is 0 Å². The molecule has 0 saturated carbocycles. The van der Waals surface area contributed by atoms with Crippen LogP contribution in [0.2, 0.25) is 0 Å². The zero-order chi connectivity index (χ0) is 11.0. The fourth-order valence-corrected chi connectivity index (χ4v) is 1.26. The van der Waals surface area contributed by atoms with Crippen molar-refractivity contribution in [1.29, 1.82) is 0 Å². The number of halogens is 3. The van der Waals surface area contributed by atoms with Crippen LogP contribution in [0.25, 0.3) is 0 Å². The van der Waals surface area contributed by atoms with Crippen LogP contribution in [0.1, 0.15) is 19.8 Å². The van der Waals surface area contributed by atoms with E-state index < -0.39 is 30.1 Å². The number of hydrogen-bond acceptors (Lipinski definition) is 3. The lowest BCUT2D eigenvalue weighted by Crippen LogP contribution is -2.38. The molecule has 14 heavy (non-hydrogen) atoms. The van der Waals surface area contributed by atoms with Gasteiger partial charge in [-0.1, -0.05) is 6.92 Å². The van der Waals surface area contributed by atoms with Gasteiger partial charge in [0.2, 0.25) is 0 Å². The van der Waals surface area contributed by atoms with Crippen LogP contribution in [0.3, 0.4) is 0 Å². The van der Waals surface area contributed by atoms with Crippen molar-refractivity contribution < 1.29 is 23.1 Å². The molecule has 0 amide bonds. The van der Waals surface area contributed by atoms with Crippen molar-refractivity contribution in [2.75, 3.05) is 0 Å². The lowest BCUT2D eigenvalue weighted by atomic mass is 9.91. The van der Waals surface area contributed by atoms with E-state index in [9.17, 15) is 18.0 Å². The average Bonchev–Trinajstić information content (AvgIpc) is 2.47. The molecule has 0 bridgehead atoms. The summed E-state index contributed by atoms with van der Waals surface area (Å²) in [6.45, 7) is 1.48. The molecule has 7 heteroatoms. The first kappa shape index (κ1) is 10.9. The molecule has 1 aliphatic heterocycles. The molecule has 0 aliphatic carbocycles. The van der Waals surface area contributed by atoms with Gasteiger partial charge in [0.05, 0.1) is 0 Å². The number of carbonyl (C=O) groups is 1. The third-order valence-electron chi connectivity index (χ3n) is 2.28. The predicted octanol–water partition coefficient (Wildman–Crippen LogP) is 2.01. The molecule has 0 spiro atoms. The first-order chi connectivity index (χ1) is 6.32. The molecule has 0 aromatic rings. The van der Waals surface area contributed by atoms with E-state index in [-0.39, 0.29) is 6.42 Å². The summed E-state index contributed by atoms with van der Waals surface area (Å²) in [4.78, 5) is 10.7. The Labute approximate surface area is 77.8 Å². The van der Waals surface area contributed by atoms with E-state index >= 15 is 0 Å². The van der Waals surface area contributed by atoms with Gasteiger partial charge in [0.15, 0.2) is 11.6 Å². The Hall–Kier alpha value is -1.14. The number of aliphatic carboxylic acids is 1. The zero-order valence-electron chi connectivity index (χ0n) is 7.38. The molecule has 0 saturated heterocycles. The molecule has 2 unspecified atom stereocenters. The second-order valence-corrected chi connectivity index (χ2v) is 3.17. The summed E-state index contributed by atoms with van der Waals surface area (Å²) >= 11 is 0. The van der Waals surface area contributed by atoms with Gasteiger partial charge in [0.25, 0.3) is 0 Å². The Morgan fingerprint density at radius 2 is 2.21 bits per heavy atom. The van der Waals surface area contributed by atoms with Gasteiger partial charge < -0.3 is 5.11 Å². The van der Waals surface area contributed by atoms with Crippen LogP contribution >= 0.6 is 0 Å². The predicted molar refractivity (Wildman–Crippen MR) is 40.0 cm³/mol. The minimum Gasteiger partial charge on any atom is -0.479 e. The molecule has 0 radical (unpaired) electrons. The van der Waals surface area contributed by atoms with E-state index in [1.54, 1.807) is 0 Å². The maximum Gasteiger partial charge on any atom is 0.412 e. The Kier molecular flexibility index (Phi) is 2.51. The van der Waals surface area contributed by atoms with Gasteiger partial charge >= 0.3 is 12.1 Å². The van der Waals surface area contributed by atoms with E-state index in [0.717, 1.165) is 0 Å². The fraction of sp³-hybridized carbons (Fsp3) is 0.857. The molecule has 0 fully saturated rings. The average molecular weight is 210 g/mol. The SMILES string of the molecule is CCC1(C(=O)O)CC(C(F)(F)F)N=N1. The number of azo groups is 1. The van der Waals surface area contributed by atoms with Crippen LogP contribution < -0.4 is 0 Å². The van der Waals surface area contributed by atoms with Crippen LogP contribution in [0, 0.1) is 0 Å². The molecule has 1 aliphatic rings. The fourth-order valence-electron chi connectivity index (χ4n) is 1.26. The molecule has 1 N–H and O–H groups in total. The van der Waals surface area contributed by atoms with Crippen molar-refractivity contribution in [1.82, 2.24) is 0 Å². The second kappa shape index (κ2) is 3.21. The Balaban J connectivity index is 2.84. The lowest BCUT2D eigenvalue weighted by Gasteiger charge is -2.18. The van der Waals surface area contributed by atoms with Gasteiger partial charge in [-0.2, -0.15) is 23.4 Å². The van der Waals surface area contributed by atoms with Crippen molar-refractivity contribution in [3.8, 4) is 0 Å². The Morgan fingerprint density at radius 3 is 2.43 bits per heavy atom. The number of alkyl halides is 3. The lowest BCUT2D eigenvalue weighted by molar-refractivity contribution is -0.152. The summed E-state index contributed by atoms with van der Waals surface area (Å²) in [7, 11) is 0. The molecule has 80 valence electrons. The van der Waals surface area contributed by atoms with Crippen LogP contribution in [0.5, 0.6) is 0 Å². The van der Waals surface area contributed by atoms with E-state index in [0.29, 0.717) is 0 Å². The molecule has 0 aromatic carbocycles. The van der Waals surface area contributed by atoms with Crippen LogP contribution in [0.15, 0.2) is 10.2 Å². The third-order valence-corrected chi connectivity index (χ3v) is 2.28. The molecule has 2 atom stereocenters. The van der Waals surface area contributed by atoms with Gasteiger partial charge in [-0.3, -0.25) is 0 Å². The van der Waals surface area contributed by atoms with E-state index in [2.05, 4.69) is 10.2 Å². The second-order valence-electron chi connectivity index (χ2n) is 3.17. The quantitative estimate of drug-likeness (QED) is 0.757. The van der Waals surface area contributed by atoms with E-state index in [4.69, 9.17) is 5.11 Å². The monoisotopic (exact) mass is 210 g/mol. The van der Waals surface area contributed by atoms with Crippen LogP contribution in [0.4, 0.5) is 13.2 Å². The highest BCUT2D eigenvalue weighted by atomic mass is 19.4. The smallest absolute Gasteiger partial charge is 0.412 e. The number of rotatable bonds is 2. The molecular formula is C7H9F3N2O2. The van der Waals surface area contributed by atoms with Crippen molar-refractivity contribution >= 4 is 5.97 Å². The highest BCUT2D eigenvalue weighted by molar-refractivity contribution is 5.79. The first-order valence-electron chi connectivity index (χ1n) is 4.04. The number of carboxylic acid groups (broad SMARTS) is 1. The largest absolute Gasteiger partial charge is 0.479 e. The highest BCUT2D eigenvalue weighted by Gasteiger charge is 2.52. The Bertz CT molecular complexity index is 277. The Morgan fingerprint density at radius 1 is 1.64 bits per heavy atom. The van der Waals surface area contributed by atoms with Crippen molar-refractivity contribution in [2.24, 2.45) is 10.2 Å². The number of hydrogen-bond donors (Lipinski definition) is 1. The van der Waals surface area contributed by atoms with Gasteiger partial charge in [-0.15, -0.1) is 0 Å². The summed E-state index contributed by atoms with van der Waals surface area (Å²) in [5.74, 6) is -1.35. The van der Waals surface area contributed by atoms with E-state index in [1.165, 1.54) is 6.92 Å². The minimum absolute atomic E-state index is 0.0123. The summed E-state index contributed by atoms with van der Waals surface area (Å²) in [6, 6.07) is -1.97. The molecule has 0 aromatic heterocycles. The molecule has 1 rings (SSSR count). The van der Waals surface area contributed by atoms with Gasteiger partial charge in [0, 0.05) is 6.42 Å². The van der Waals surface area contributed by atoms with Gasteiger partial charge in [-0.05, 0) is 6.42 Å². The van der Waals surface area contributed by atoms with Crippen molar-refractivity contribution in [2.45, 2.75) is 37.5 Å². The van der Waals surface area contributed by atoms with Crippen LogP contribution in [-0.2, 0) is 4.79 Å². The molecular weight excluding hydrogens is 201 g/mol. The maximum absolute atomic E-state index is 12.2. The van der Waals surface area contributed by atoms with Gasteiger partial charge in [-0.25, -0.2) is 4.79 Å². The summed E-state index contributed by atoms with van der Waals surface area (Å²) in [5.41, 5.74) is -1.68. The summed E-state index contributed by atoms with van der Waals surface area (Å²) < 4.78 is 36.5. The van der Waals surface area contributed by atoms with Crippen molar-refractivity contribution in [3.05, 3.63) is 0 Å². The third kappa shape index (κ3) is 1.71. The molecule has 1 heterocycles. The summed E-state index contributed by atoms with van der Waals surface area (Å²) in [6.07, 6.45) is -5.09. The first-order valence-corrected chi connectivity index (χ1v) is 4.04. The maximum atomic E-state index is 12.2. The minimum atomic E-state index is -4.50. The standard InChI is InChI=1S/C7H9F3N2O2/c1-2-6(5(13)14)3-4(11-12-6)7(8,9)10/h4H,2-3H2,1H3,(H,13,14). The van der Waals surface area contributed by atoms with Gasteiger partial charge in [0.1, 0.15) is 0 Å². The summed E-state index contributed by atoms with van der Waals surface area (Å²) in [5, 5.41) is 14.9. The number of nitrogens with zero attached hydrogens (tertiary/aromatic N) is 2. The topological polar surface area (TPSA) is 62.0 Å². The zero-order valence-corrected chi connectivity index (χ0v) is 7.38. The highest BCUT2D eigenvalue weighted by Crippen LogP contribution is 2.38. The van der Waals surface area contributed by atoms with E-state index in [1.807, 2.05) is 0 Å². The number of carboxylic acids is 1. The normalized spacial score (nSPS) is 32.1.